The summed E-state index contributed by atoms with van der Waals surface area (Å²) in [6.07, 6.45) is 7.63. The van der Waals surface area contributed by atoms with E-state index in [2.05, 4.69) is 4.98 Å². The van der Waals surface area contributed by atoms with Gasteiger partial charge in [-0.25, -0.2) is 4.98 Å². The minimum Gasteiger partial charge on any atom is -0.440 e. The molecule has 2 aromatic rings. The van der Waals surface area contributed by atoms with Gasteiger partial charge in [0, 0.05) is 30.5 Å². The molecule has 0 unspecified atom stereocenters. The van der Waals surface area contributed by atoms with Crippen molar-refractivity contribution >= 4 is 28.6 Å². The highest BCUT2D eigenvalue weighted by Crippen LogP contribution is 2.33. The zero-order valence-corrected chi connectivity index (χ0v) is 14.6. The van der Waals surface area contributed by atoms with Gasteiger partial charge in [0.25, 0.3) is 0 Å². The second-order valence-electron chi connectivity index (χ2n) is 7.15. The average Bonchev–Trinajstić information content (AvgIpc) is 2.96. The SMILES string of the molecule is O=C(CCC1CCC1)N1CCC(c2nc3cc(Cl)ccc3o2)CC1. The van der Waals surface area contributed by atoms with Crippen molar-refractivity contribution in [3.63, 3.8) is 0 Å². The number of benzene rings is 1. The molecule has 0 atom stereocenters. The number of nitrogens with zero attached hydrogens (tertiary/aromatic N) is 2. The minimum absolute atomic E-state index is 0.298. The van der Waals surface area contributed by atoms with Crippen LogP contribution < -0.4 is 0 Å². The predicted molar refractivity (Wildman–Crippen MR) is 94.1 cm³/mol. The van der Waals surface area contributed by atoms with E-state index in [1.807, 2.05) is 23.1 Å². The van der Waals surface area contributed by atoms with Gasteiger partial charge in [0.2, 0.25) is 5.91 Å². The molecule has 1 amide bonds. The molecule has 1 saturated heterocycles. The van der Waals surface area contributed by atoms with Crippen LogP contribution in [0.2, 0.25) is 5.02 Å². The Morgan fingerprint density at radius 3 is 2.75 bits per heavy atom. The molecule has 5 heteroatoms. The molecule has 1 saturated carbocycles. The first kappa shape index (κ1) is 15.9. The van der Waals surface area contributed by atoms with Gasteiger partial charge in [-0.2, -0.15) is 0 Å². The lowest BCUT2D eigenvalue weighted by molar-refractivity contribution is -0.132. The minimum atomic E-state index is 0.298. The molecule has 0 spiro atoms. The van der Waals surface area contributed by atoms with Gasteiger partial charge in [-0.1, -0.05) is 30.9 Å². The van der Waals surface area contributed by atoms with Crippen LogP contribution in [-0.4, -0.2) is 28.9 Å². The number of carbonyl (C=O) groups excluding carboxylic acids is 1. The predicted octanol–water partition coefficient (Wildman–Crippen LogP) is 4.77. The Morgan fingerprint density at radius 1 is 1.25 bits per heavy atom. The fourth-order valence-corrected chi connectivity index (χ4v) is 3.90. The topological polar surface area (TPSA) is 46.3 Å². The van der Waals surface area contributed by atoms with Crippen molar-refractivity contribution in [2.75, 3.05) is 13.1 Å². The highest BCUT2D eigenvalue weighted by atomic mass is 35.5. The molecule has 2 fully saturated rings. The summed E-state index contributed by atoms with van der Waals surface area (Å²) in [5, 5.41) is 0.675. The van der Waals surface area contributed by atoms with Crippen molar-refractivity contribution < 1.29 is 9.21 Å². The first-order valence-electron chi connectivity index (χ1n) is 9.03. The zero-order valence-electron chi connectivity index (χ0n) is 13.8. The Bertz CT molecular complexity index is 730. The fraction of sp³-hybridized carbons (Fsp3) is 0.579. The molecular formula is C19H23ClN2O2. The summed E-state index contributed by atoms with van der Waals surface area (Å²) in [7, 11) is 0. The third-order valence-electron chi connectivity index (χ3n) is 5.55. The number of carbonyl (C=O) groups is 1. The summed E-state index contributed by atoms with van der Waals surface area (Å²) in [5.74, 6) is 2.21. The van der Waals surface area contributed by atoms with Gasteiger partial charge < -0.3 is 9.32 Å². The van der Waals surface area contributed by atoms with E-state index in [1.165, 1.54) is 19.3 Å². The van der Waals surface area contributed by atoms with Crippen molar-refractivity contribution in [2.45, 2.75) is 50.9 Å². The van der Waals surface area contributed by atoms with Crippen LogP contribution in [0, 0.1) is 5.92 Å². The number of amides is 1. The molecule has 4 nitrogen and oxygen atoms in total. The van der Waals surface area contributed by atoms with Crippen molar-refractivity contribution in [1.29, 1.82) is 0 Å². The summed E-state index contributed by atoms with van der Waals surface area (Å²) < 4.78 is 5.89. The first-order valence-corrected chi connectivity index (χ1v) is 9.40. The maximum Gasteiger partial charge on any atom is 0.222 e. The van der Waals surface area contributed by atoms with Crippen LogP contribution in [0.1, 0.15) is 56.8 Å². The van der Waals surface area contributed by atoms with Gasteiger partial charge in [-0.3, -0.25) is 4.79 Å². The molecule has 1 aliphatic heterocycles. The third kappa shape index (κ3) is 3.30. The molecule has 2 heterocycles. The number of hydrogen-bond donors (Lipinski definition) is 0. The number of oxazole rings is 1. The Hall–Kier alpha value is -1.55. The van der Waals surface area contributed by atoms with E-state index in [0.717, 1.165) is 61.7 Å². The van der Waals surface area contributed by atoms with E-state index in [0.29, 0.717) is 16.8 Å². The zero-order chi connectivity index (χ0) is 16.5. The van der Waals surface area contributed by atoms with Crippen LogP contribution in [0.25, 0.3) is 11.1 Å². The average molecular weight is 347 g/mol. The number of fused-ring (bicyclic) bond motifs is 1. The van der Waals surface area contributed by atoms with E-state index in [4.69, 9.17) is 16.0 Å². The quantitative estimate of drug-likeness (QED) is 0.801. The molecule has 4 rings (SSSR count). The summed E-state index contributed by atoms with van der Waals surface area (Å²) in [6, 6.07) is 5.53. The number of halogens is 1. The highest BCUT2D eigenvalue weighted by molar-refractivity contribution is 6.31. The second-order valence-corrected chi connectivity index (χ2v) is 7.59. The van der Waals surface area contributed by atoms with Gasteiger partial charge in [-0.05, 0) is 43.4 Å². The van der Waals surface area contributed by atoms with Gasteiger partial charge in [-0.15, -0.1) is 0 Å². The largest absolute Gasteiger partial charge is 0.440 e. The summed E-state index contributed by atoms with van der Waals surface area (Å²) in [4.78, 5) is 18.9. The lowest BCUT2D eigenvalue weighted by atomic mass is 9.82. The molecule has 1 aromatic carbocycles. The van der Waals surface area contributed by atoms with E-state index < -0.39 is 0 Å². The molecular weight excluding hydrogens is 324 g/mol. The third-order valence-corrected chi connectivity index (χ3v) is 5.79. The molecule has 0 bridgehead atoms. The Morgan fingerprint density at radius 2 is 2.04 bits per heavy atom. The van der Waals surface area contributed by atoms with Crippen LogP contribution in [0.4, 0.5) is 0 Å². The van der Waals surface area contributed by atoms with Crippen molar-refractivity contribution in [3.05, 3.63) is 29.1 Å². The highest BCUT2D eigenvalue weighted by Gasteiger charge is 2.27. The lowest BCUT2D eigenvalue weighted by Gasteiger charge is -2.32. The molecule has 24 heavy (non-hydrogen) atoms. The van der Waals surface area contributed by atoms with Crippen LogP contribution >= 0.6 is 11.6 Å². The van der Waals surface area contributed by atoms with Crippen LogP contribution in [-0.2, 0) is 4.79 Å². The summed E-state index contributed by atoms with van der Waals surface area (Å²) in [6.45, 7) is 1.63. The number of hydrogen-bond acceptors (Lipinski definition) is 3. The molecule has 1 aliphatic carbocycles. The Labute approximate surface area is 147 Å². The van der Waals surface area contributed by atoms with E-state index >= 15 is 0 Å². The smallest absolute Gasteiger partial charge is 0.222 e. The molecule has 1 aromatic heterocycles. The number of likely N-dealkylation sites (tertiary alicyclic amines) is 1. The van der Waals surface area contributed by atoms with Crippen LogP contribution in [0.5, 0.6) is 0 Å². The molecule has 0 radical (unpaired) electrons. The van der Waals surface area contributed by atoms with Crippen molar-refractivity contribution in [2.24, 2.45) is 5.92 Å². The van der Waals surface area contributed by atoms with E-state index in [-0.39, 0.29) is 0 Å². The maximum atomic E-state index is 12.3. The van der Waals surface area contributed by atoms with Gasteiger partial charge in [0.15, 0.2) is 11.5 Å². The van der Waals surface area contributed by atoms with Crippen LogP contribution in [0.3, 0.4) is 0 Å². The molecule has 128 valence electrons. The van der Waals surface area contributed by atoms with Gasteiger partial charge in [0.05, 0.1) is 0 Å². The van der Waals surface area contributed by atoms with Gasteiger partial charge >= 0.3 is 0 Å². The van der Waals surface area contributed by atoms with Crippen LogP contribution in [0.15, 0.2) is 22.6 Å². The second kappa shape index (κ2) is 6.75. The van der Waals surface area contributed by atoms with Gasteiger partial charge in [0.1, 0.15) is 5.52 Å². The first-order chi connectivity index (χ1) is 11.7. The van der Waals surface area contributed by atoms with Crippen molar-refractivity contribution in [1.82, 2.24) is 9.88 Å². The number of piperidine rings is 1. The maximum absolute atomic E-state index is 12.3. The molecule has 2 aliphatic rings. The lowest BCUT2D eigenvalue weighted by Crippen LogP contribution is -2.38. The summed E-state index contributed by atoms with van der Waals surface area (Å²) in [5.41, 5.74) is 1.60. The Balaban J connectivity index is 1.33. The number of rotatable bonds is 4. The standard InChI is InChI=1S/C19H23ClN2O2/c20-15-5-6-17-16(12-15)21-19(24-17)14-8-10-22(11-9-14)18(23)7-4-13-2-1-3-13/h5-6,12-14H,1-4,7-11H2. The fourth-order valence-electron chi connectivity index (χ4n) is 3.74. The summed E-state index contributed by atoms with van der Waals surface area (Å²) >= 11 is 6.01. The number of aromatic nitrogens is 1. The monoisotopic (exact) mass is 346 g/mol. The van der Waals surface area contributed by atoms with E-state index in [9.17, 15) is 4.79 Å². The van der Waals surface area contributed by atoms with E-state index in [1.54, 1.807) is 0 Å². The molecule has 0 N–H and O–H groups in total. The van der Waals surface area contributed by atoms with Crippen molar-refractivity contribution in [3.8, 4) is 0 Å². The Kier molecular flexibility index (Phi) is 4.49. The normalized spacial score (nSPS) is 19.6.